The number of nitrogens with zero attached hydrogens (tertiary/aromatic N) is 2. The molecular weight excluding hydrogens is 376 g/mol. The summed E-state index contributed by atoms with van der Waals surface area (Å²) >= 11 is 0. The highest BCUT2D eigenvalue weighted by Gasteiger charge is 2.24. The van der Waals surface area contributed by atoms with Gasteiger partial charge in [-0.3, -0.25) is 9.78 Å². The first kappa shape index (κ1) is 20.3. The second-order valence-electron chi connectivity index (χ2n) is 7.30. The van der Waals surface area contributed by atoms with Crippen molar-refractivity contribution in [1.82, 2.24) is 9.88 Å². The molecular formula is C21H26N2O4S. The summed E-state index contributed by atoms with van der Waals surface area (Å²) in [6.45, 7) is 4.63. The molecule has 3 rings (SSSR count). The fourth-order valence-corrected chi connectivity index (χ4v) is 4.25. The first-order valence-electron chi connectivity index (χ1n) is 9.53. The Morgan fingerprint density at radius 3 is 2.43 bits per heavy atom. The predicted octanol–water partition coefficient (Wildman–Crippen LogP) is 2.88. The van der Waals surface area contributed by atoms with Gasteiger partial charge in [0.05, 0.1) is 22.8 Å². The van der Waals surface area contributed by atoms with Crippen molar-refractivity contribution in [3.8, 4) is 5.75 Å². The topological polar surface area (TPSA) is 76.6 Å². The Bertz CT molecular complexity index is 888. The molecule has 1 aliphatic rings. The number of piperidine rings is 1. The molecule has 0 atom stereocenters. The van der Waals surface area contributed by atoms with Gasteiger partial charge < -0.3 is 9.64 Å². The summed E-state index contributed by atoms with van der Waals surface area (Å²) in [6, 6.07) is 10.4. The molecule has 28 heavy (non-hydrogen) atoms. The van der Waals surface area contributed by atoms with Crippen LogP contribution in [0.5, 0.6) is 5.75 Å². The lowest BCUT2D eigenvalue weighted by Crippen LogP contribution is -2.42. The molecule has 2 heterocycles. The van der Waals surface area contributed by atoms with Crippen molar-refractivity contribution in [3.05, 3.63) is 54.4 Å². The van der Waals surface area contributed by atoms with Crippen LogP contribution in [0.1, 0.15) is 32.3 Å². The number of carbonyl (C=O) groups excluding carboxylic acids is 1. The summed E-state index contributed by atoms with van der Waals surface area (Å²) in [7, 11) is -3.29. The largest absolute Gasteiger partial charge is 0.489 e. The average Bonchev–Trinajstić information content (AvgIpc) is 2.69. The van der Waals surface area contributed by atoms with Crippen LogP contribution in [0, 0.1) is 0 Å². The van der Waals surface area contributed by atoms with Crippen molar-refractivity contribution in [2.75, 3.05) is 13.1 Å². The van der Waals surface area contributed by atoms with Crippen molar-refractivity contribution in [1.29, 1.82) is 0 Å². The fourth-order valence-electron chi connectivity index (χ4n) is 3.19. The van der Waals surface area contributed by atoms with Gasteiger partial charge in [0, 0.05) is 32.1 Å². The summed E-state index contributed by atoms with van der Waals surface area (Å²) < 4.78 is 30.3. The molecule has 1 saturated heterocycles. The van der Waals surface area contributed by atoms with Crippen molar-refractivity contribution in [3.63, 3.8) is 0 Å². The number of carbonyl (C=O) groups is 1. The lowest BCUT2D eigenvalue weighted by atomic mass is 10.1. The van der Waals surface area contributed by atoms with Gasteiger partial charge in [0.15, 0.2) is 9.84 Å². The lowest BCUT2D eigenvalue weighted by molar-refractivity contribution is -0.132. The van der Waals surface area contributed by atoms with E-state index < -0.39 is 15.1 Å². The quantitative estimate of drug-likeness (QED) is 0.743. The van der Waals surface area contributed by atoms with Crippen LogP contribution in [0.15, 0.2) is 53.7 Å². The maximum absolute atomic E-state index is 12.6. The molecule has 0 N–H and O–H groups in total. The Labute approximate surface area is 166 Å². The van der Waals surface area contributed by atoms with Gasteiger partial charge in [-0.25, -0.2) is 8.42 Å². The maximum Gasteiger partial charge on any atom is 0.226 e. The van der Waals surface area contributed by atoms with E-state index in [0.29, 0.717) is 18.0 Å². The van der Waals surface area contributed by atoms with Gasteiger partial charge in [-0.15, -0.1) is 0 Å². The second-order valence-corrected chi connectivity index (χ2v) is 9.81. The Morgan fingerprint density at radius 1 is 1.18 bits per heavy atom. The number of rotatable bonds is 6. The Morgan fingerprint density at radius 2 is 1.86 bits per heavy atom. The molecule has 0 bridgehead atoms. The molecule has 1 aromatic heterocycles. The van der Waals surface area contributed by atoms with Crippen LogP contribution in [0.2, 0.25) is 0 Å². The van der Waals surface area contributed by atoms with E-state index in [-0.39, 0.29) is 18.4 Å². The minimum absolute atomic E-state index is 0.0549. The number of aromatic nitrogens is 1. The minimum atomic E-state index is -3.29. The molecule has 1 aromatic carbocycles. The van der Waals surface area contributed by atoms with E-state index in [1.54, 1.807) is 50.5 Å². The van der Waals surface area contributed by atoms with Crippen LogP contribution in [0.3, 0.4) is 0 Å². The van der Waals surface area contributed by atoms with E-state index >= 15 is 0 Å². The van der Waals surface area contributed by atoms with Crippen LogP contribution in [-0.2, 0) is 21.1 Å². The summed E-state index contributed by atoms with van der Waals surface area (Å²) in [6.07, 6.45) is 5.34. The van der Waals surface area contributed by atoms with Gasteiger partial charge >= 0.3 is 0 Å². The SMILES string of the molecule is CC(C)S(=O)(=O)c1ccc(CC(=O)N2CCC(Oc3cccnc3)CC2)cc1. The number of ether oxygens (including phenoxy) is 1. The molecule has 2 aromatic rings. The third-order valence-electron chi connectivity index (χ3n) is 4.96. The lowest BCUT2D eigenvalue weighted by Gasteiger charge is -2.32. The Hall–Kier alpha value is -2.41. The number of amides is 1. The van der Waals surface area contributed by atoms with E-state index in [4.69, 9.17) is 4.74 Å². The first-order chi connectivity index (χ1) is 13.4. The van der Waals surface area contributed by atoms with Gasteiger partial charge in [0.2, 0.25) is 5.91 Å². The number of hydrogen-bond acceptors (Lipinski definition) is 5. The average molecular weight is 403 g/mol. The van der Waals surface area contributed by atoms with Gasteiger partial charge in [-0.1, -0.05) is 12.1 Å². The molecule has 1 amide bonds. The molecule has 0 aliphatic carbocycles. The van der Waals surface area contributed by atoms with E-state index in [1.807, 2.05) is 17.0 Å². The smallest absolute Gasteiger partial charge is 0.226 e. The van der Waals surface area contributed by atoms with Gasteiger partial charge in [0.1, 0.15) is 11.9 Å². The monoisotopic (exact) mass is 402 g/mol. The van der Waals surface area contributed by atoms with Crippen molar-refractivity contribution < 1.29 is 17.9 Å². The van der Waals surface area contributed by atoms with Crippen molar-refractivity contribution in [2.24, 2.45) is 0 Å². The van der Waals surface area contributed by atoms with E-state index in [1.165, 1.54) is 0 Å². The normalized spacial score (nSPS) is 15.6. The number of likely N-dealkylation sites (tertiary alicyclic amines) is 1. The van der Waals surface area contributed by atoms with Gasteiger partial charge in [-0.2, -0.15) is 0 Å². The van der Waals surface area contributed by atoms with Crippen molar-refractivity contribution in [2.45, 2.75) is 49.4 Å². The Kier molecular flexibility index (Phi) is 6.34. The van der Waals surface area contributed by atoms with Crippen LogP contribution in [-0.4, -0.2) is 48.7 Å². The summed E-state index contributed by atoms with van der Waals surface area (Å²) in [5, 5.41) is -0.463. The fraction of sp³-hybridized carbons (Fsp3) is 0.429. The van der Waals surface area contributed by atoms with E-state index in [2.05, 4.69) is 4.98 Å². The summed E-state index contributed by atoms with van der Waals surface area (Å²) in [4.78, 5) is 18.8. The van der Waals surface area contributed by atoms with Crippen LogP contribution < -0.4 is 4.74 Å². The molecule has 0 radical (unpaired) electrons. The van der Waals surface area contributed by atoms with Gasteiger partial charge in [-0.05, 0) is 43.7 Å². The highest BCUT2D eigenvalue weighted by Crippen LogP contribution is 2.20. The molecule has 0 saturated carbocycles. The third kappa shape index (κ3) is 4.90. The molecule has 6 nitrogen and oxygen atoms in total. The number of sulfone groups is 1. The first-order valence-corrected chi connectivity index (χ1v) is 11.1. The molecule has 1 aliphatic heterocycles. The Balaban J connectivity index is 1.52. The highest BCUT2D eigenvalue weighted by molar-refractivity contribution is 7.92. The standard InChI is InChI=1S/C21H26N2O4S/c1-16(2)28(25,26)20-7-5-17(6-8-20)14-21(24)23-12-9-18(10-13-23)27-19-4-3-11-22-15-19/h3-8,11,15-16,18H,9-10,12-14H2,1-2H3. The van der Waals surface area contributed by atoms with E-state index in [0.717, 1.165) is 24.2 Å². The molecule has 0 spiro atoms. The molecule has 0 unspecified atom stereocenters. The summed E-state index contributed by atoms with van der Waals surface area (Å²) in [5.41, 5.74) is 0.821. The summed E-state index contributed by atoms with van der Waals surface area (Å²) in [5.74, 6) is 0.808. The van der Waals surface area contributed by atoms with Crippen LogP contribution >= 0.6 is 0 Å². The molecule has 150 valence electrons. The van der Waals surface area contributed by atoms with Crippen molar-refractivity contribution >= 4 is 15.7 Å². The highest BCUT2D eigenvalue weighted by atomic mass is 32.2. The van der Waals surface area contributed by atoms with Gasteiger partial charge in [0.25, 0.3) is 0 Å². The maximum atomic E-state index is 12.6. The minimum Gasteiger partial charge on any atom is -0.489 e. The third-order valence-corrected chi connectivity index (χ3v) is 7.13. The number of hydrogen-bond donors (Lipinski definition) is 0. The van der Waals surface area contributed by atoms with Crippen LogP contribution in [0.25, 0.3) is 0 Å². The van der Waals surface area contributed by atoms with Crippen LogP contribution in [0.4, 0.5) is 0 Å². The second kappa shape index (κ2) is 8.73. The molecule has 1 fully saturated rings. The zero-order chi connectivity index (χ0) is 20.1. The zero-order valence-electron chi connectivity index (χ0n) is 16.2. The predicted molar refractivity (Wildman–Crippen MR) is 107 cm³/mol. The zero-order valence-corrected chi connectivity index (χ0v) is 17.1. The van der Waals surface area contributed by atoms with E-state index in [9.17, 15) is 13.2 Å². The number of benzene rings is 1. The molecule has 7 heteroatoms. The number of pyridine rings is 1.